The van der Waals surface area contributed by atoms with Crippen LogP contribution in [0.25, 0.3) is 15.0 Å². The highest BCUT2D eigenvalue weighted by molar-refractivity contribution is 7.43. The molecule has 0 spiro atoms. The number of rotatable bonds is 1. The summed E-state index contributed by atoms with van der Waals surface area (Å²) < 4.78 is 53.1. The van der Waals surface area contributed by atoms with Gasteiger partial charge in [0.2, 0.25) is 0 Å². The molecule has 5 heteroatoms. The molecule has 0 radical (unpaired) electrons. The Labute approximate surface area is 121 Å². The van der Waals surface area contributed by atoms with E-state index >= 15 is 0 Å². The highest BCUT2D eigenvalue weighted by Gasteiger charge is 2.32. The van der Waals surface area contributed by atoms with Crippen molar-refractivity contribution in [3.63, 3.8) is 0 Å². The van der Waals surface area contributed by atoms with E-state index in [4.69, 9.17) is 0 Å². The number of benzene rings is 2. The van der Waals surface area contributed by atoms with E-state index in [-0.39, 0.29) is 5.82 Å². The average molecular weight is 311 g/mol. The van der Waals surface area contributed by atoms with Crippen molar-refractivity contribution in [1.82, 2.24) is 0 Å². The molecule has 0 bridgehead atoms. The third-order valence-electron chi connectivity index (χ3n) is 3.32. The molecular weight excluding hydrogens is 300 g/mol. The minimum absolute atomic E-state index is 0.330. The van der Waals surface area contributed by atoms with E-state index in [1.165, 1.54) is 12.1 Å². The Morgan fingerprint density at radius 1 is 1.00 bits per heavy atom. The first-order valence-electron chi connectivity index (χ1n) is 6.25. The summed E-state index contributed by atoms with van der Waals surface area (Å²) in [7, 11) is -0.653. The van der Waals surface area contributed by atoms with Gasteiger partial charge < -0.3 is 0 Å². The molecule has 21 heavy (non-hydrogen) atoms. The zero-order valence-corrected chi connectivity index (χ0v) is 11.9. The Balaban J connectivity index is 2.25. The van der Waals surface area contributed by atoms with Crippen molar-refractivity contribution in [2.75, 3.05) is 0 Å². The van der Waals surface area contributed by atoms with Crippen LogP contribution >= 0.6 is 10.5 Å². The highest BCUT2D eigenvalue weighted by Crippen LogP contribution is 2.44. The highest BCUT2D eigenvalue weighted by atomic mass is 32.2. The van der Waals surface area contributed by atoms with Crippen molar-refractivity contribution in [3.8, 4) is 4.90 Å². The number of thiophene rings is 1. The lowest BCUT2D eigenvalue weighted by molar-refractivity contribution is -0.137. The lowest BCUT2D eigenvalue weighted by atomic mass is 10.2. The lowest BCUT2D eigenvalue weighted by Gasteiger charge is -2.05. The van der Waals surface area contributed by atoms with Crippen LogP contribution in [-0.2, 0) is 6.18 Å². The number of aryl methyl sites for hydroxylation is 1. The normalized spacial score (nSPS) is 12.9. The SMILES string of the molecule is Cc1c[s+](-c2cccc(C(F)(F)F)c2)c2cccc(F)c12. The van der Waals surface area contributed by atoms with Gasteiger partial charge in [0.25, 0.3) is 0 Å². The molecule has 1 heterocycles. The molecule has 0 amide bonds. The second-order valence-electron chi connectivity index (χ2n) is 4.78. The first-order valence-corrected chi connectivity index (χ1v) is 7.54. The van der Waals surface area contributed by atoms with Gasteiger partial charge in [-0.2, -0.15) is 13.2 Å². The minimum Gasteiger partial charge on any atom is -0.206 e. The van der Waals surface area contributed by atoms with E-state index in [0.717, 1.165) is 22.4 Å². The molecule has 0 nitrogen and oxygen atoms in total. The topological polar surface area (TPSA) is 0 Å². The zero-order valence-electron chi connectivity index (χ0n) is 11.0. The summed E-state index contributed by atoms with van der Waals surface area (Å²) in [6.45, 7) is 1.78. The quantitative estimate of drug-likeness (QED) is 0.379. The predicted octanol–water partition coefficient (Wildman–Crippen LogP) is 6.04. The molecule has 0 N–H and O–H groups in total. The Morgan fingerprint density at radius 2 is 1.71 bits per heavy atom. The molecule has 0 fully saturated rings. The molecule has 0 aliphatic rings. The first-order chi connectivity index (χ1) is 9.88. The number of hydrogen-bond acceptors (Lipinski definition) is 0. The Hall–Kier alpha value is -1.88. The van der Waals surface area contributed by atoms with Crippen LogP contribution in [0.1, 0.15) is 11.1 Å². The maximum absolute atomic E-state index is 13.9. The van der Waals surface area contributed by atoms with Gasteiger partial charge >= 0.3 is 6.18 Å². The molecule has 1 atom stereocenters. The summed E-state index contributed by atoms with van der Waals surface area (Å²) in [6, 6.07) is 9.98. The summed E-state index contributed by atoms with van der Waals surface area (Å²) >= 11 is 0. The van der Waals surface area contributed by atoms with Gasteiger partial charge in [0.15, 0.2) is 9.60 Å². The molecular formula is C16H11F4S+. The molecule has 0 saturated heterocycles. The standard InChI is InChI=1S/C16H11F4S/c1-10-9-21(14-7-3-6-13(17)15(10)14)12-5-2-4-11(8-12)16(18,19)20/h2-9H,1H3/q+1. The van der Waals surface area contributed by atoms with Gasteiger partial charge in [0, 0.05) is 22.1 Å². The minimum atomic E-state index is -4.37. The van der Waals surface area contributed by atoms with Crippen LogP contribution in [0, 0.1) is 12.7 Å². The first kappa shape index (κ1) is 14.1. The van der Waals surface area contributed by atoms with Crippen molar-refractivity contribution < 1.29 is 17.6 Å². The van der Waals surface area contributed by atoms with Crippen molar-refractivity contribution in [3.05, 3.63) is 64.8 Å². The number of alkyl halides is 3. The van der Waals surface area contributed by atoms with E-state index in [9.17, 15) is 17.6 Å². The van der Waals surface area contributed by atoms with E-state index < -0.39 is 22.2 Å². The number of fused-ring (bicyclic) bond motifs is 1. The molecule has 0 saturated carbocycles. The fourth-order valence-electron chi connectivity index (χ4n) is 2.37. The third kappa shape index (κ3) is 2.42. The summed E-state index contributed by atoms with van der Waals surface area (Å²) in [6.07, 6.45) is -4.37. The van der Waals surface area contributed by atoms with Gasteiger partial charge in [-0.1, -0.05) is 12.1 Å². The maximum Gasteiger partial charge on any atom is 0.416 e. The Morgan fingerprint density at radius 3 is 2.43 bits per heavy atom. The second kappa shape index (κ2) is 4.84. The van der Waals surface area contributed by atoms with E-state index in [2.05, 4.69) is 0 Å². The smallest absolute Gasteiger partial charge is 0.206 e. The van der Waals surface area contributed by atoms with Crippen LogP contribution in [-0.4, -0.2) is 0 Å². The third-order valence-corrected chi connectivity index (χ3v) is 5.48. The monoisotopic (exact) mass is 311 g/mol. The second-order valence-corrected chi connectivity index (χ2v) is 6.60. The summed E-state index contributed by atoms with van der Waals surface area (Å²) in [5, 5.41) is 2.35. The molecule has 2 aromatic carbocycles. The van der Waals surface area contributed by atoms with Crippen LogP contribution < -0.4 is 0 Å². The van der Waals surface area contributed by atoms with Gasteiger partial charge in [-0.05, 0) is 31.2 Å². The average Bonchev–Trinajstić information content (AvgIpc) is 2.77. The van der Waals surface area contributed by atoms with Crippen molar-refractivity contribution in [2.45, 2.75) is 13.1 Å². The van der Waals surface area contributed by atoms with Gasteiger partial charge in [-0.15, -0.1) is 0 Å². The largest absolute Gasteiger partial charge is 0.416 e. The van der Waals surface area contributed by atoms with Gasteiger partial charge in [0.1, 0.15) is 11.2 Å². The van der Waals surface area contributed by atoms with Gasteiger partial charge in [-0.25, -0.2) is 4.39 Å². The molecule has 0 aliphatic carbocycles. The van der Waals surface area contributed by atoms with Gasteiger partial charge in [-0.3, -0.25) is 0 Å². The molecule has 0 aliphatic heterocycles. The van der Waals surface area contributed by atoms with E-state index in [1.807, 2.05) is 5.38 Å². The maximum atomic E-state index is 13.9. The molecule has 3 aromatic rings. The molecule has 1 aromatic heterocycles. The number of halogens is 4. The molecule has 108 valence electrons. The fraction of sp³-hybridized carbons (Fsp3) is 0.125. The fourth-order valence-corrected chi connectivity index (χ4v) is 4.54. The summed E-state index contributed by atoms with van der Waals surface area (Å²) in [5.74, 6) is -0.330. The van der Waals surface area contributed by atoms with Crippen molar-refractivity contribution >= 4 is 20.6 Å². The zero-order chi connectivity index (χ0) is 15.2. The number of hydrogen-bond donors (Lipinski definition) is 0. The lowest BCUT2D eigenvalue weighted by Crippen LogP contribution is -2.04. The Bertz CT molecular complexity index is 815. The van der Waals surface area contributed by atoms with Crippen molar-refractivity contribution in [1.29, 1.82) is 0 Å². The Kier molecular flexibility index (Phi) is 3.24. The predicted molar refractivity (Wildman–Crippen MR) is 77.5 cm³/mol. The van der Waals surface area contributed by atoms with Crippen LogP contribution in [0.2, 0.25) is 0 Å². The summed E-state index contributed by atoms with van der Waals surface area (Å²) in [5.41, 5.74) is 0.0900. The van der Waals surface area contributed by atoms with Crippen LogP contribution in [0.5, 0.6) is 0 Å². The van der Waals surface area contributed by atoms with Crippen molar-refractivity contribution in [2.24, 2.45) is 0 Å². The van der Waals surface area contributed by atoms with Gasteiger partial charge in [0.05, 0.1) is 10.9 Å². The van der Waals surface area contributed by atoms with Crippen LogP contribution in [0.15, 0.2) is 47.8 Å². The van der Waals surface area contributed by atoms with Crippen LogP contribution in [0.3, 0.4) is 0 Å². The van der Waals surface area contributed by atoms with E-state index in [0.29, 0.717) is 10.3 Å². The molecule has 1 unspecified atom stereocenters. The van der Waals surface area contributed by atoms with E-state index in [1.54, 1.807) is 25.1 Å². The van der Waals surface area contributed by atoms with Crippen LogP contribution in [0.4, 0.5) is 17.6 Å². The summed E-state index contributed by atoms with van der Waals surface area (Å²) in [4.78, 5) is 0.550. The molecule has 3 rings (SSSR count).